The van der Waals surface area contributed by atoms with Crippen molar-refractivity contribution in [2.24, 2.45) is 0 Å². The average Bonchev–Trinajstić information content (AvgIpc) is 2.95. The van der Waals surface area contributed by atoms with Crippen LogP contribution in [-0.4, -0.2) is 10.2 Å². The molecule has 0 aliphatic rings. The van der Waals surface area contributed by atoms with Gasteiger partial charge in [-0.2, -0.15) is 5.10 Å². The number of H-pyrrole nitrogens is 1. The van der Waals surface area contributed by atoms with Crippen LogP contribution in [0, 0.1) is 4.64 Å². The van der Waals surface area contributed by atoms with Crippen molar-refractivity contribution >= 4 is 12.2 Å². The lowest BCUT2D eigenvalue weighted by molar-refractivity contribution is 0.520. The fourth-order valence-electron chi connectivity index (χ4n) is 1.93. The Morgan fingerprint density at radius 2 is 1.95 bits per heavy atom. The first-order valence-electron chi connectivity index (χ1n) is 5.99. The second-order valence-electron chi connectivity index (χ2n) is 4.23. The van der Waals surface area contributed by atoms with E-state index in [0.29, 0.717) is 11.1 Å². The van der Waals surface area contributed by atoms with Gasteiger partial charge in [0.15, 0.2) is 0 Å². The molecule has 2 heterocycles. The molecule has 0 amide bonds. The van der Waals surface area contributed by atoms with E-state index in [1.807, 2.05) is 48.5 Å². The maximum absolute atomic E-state index is 5.36. The van der Waals surface area contributed by atoms with Crippen LogP contribution in [-0.2, 0) is 6.42 Å². The number of nitrogens with zero attached hydrogens (tertiary/aromatic N) is 1. The Hall–Kier alpha value is -2.20. The highest BCUT2D eigenvalue weighted by molar-refractivity contribution is 7.71. The predicted molar refractivity (Wildman–Crippen MR) is 76.4 cm³/mol. The number of hydrogen-bond donors (Lipinski definition) is 1. The van der Waals surface area contributed by atoms with Gasteiger partial charge in [-0.25, -0.2) is 0 Å². The van der Waals surface area contributed by atoms with Gasteiger partial charge in [-0.3, -0.25) is 5.10 Å². The Balaban J connectivity index is 1.99. The summed E-state index contributed by atoms with van der Waals surface area (Å²) >= 11 is 5.27. The van der Waals surface area contributed by atoms with E-state index >= 15 is 0 Å². The number of furan rings is 1. The molecule has 4 heteroatoms. The molecule has 3 rings (SSSR count). The summed E-state index contributed by atoms with van der Waals surface area (Å²) in [6.07, 6.45) is 2.34. The minimum absolute atomic E-state index is 0.649. The number of aromatic amines is 1. The van der Waals surface area contributed by atoms with Gasteiger partial charge < -0.3 is 4.42 Å². The van der Waals surface area contributed by atoms with Gasteiger partial charge in [0.2, 0.25) is 0 Å². The molecule has 1 aromatic carbocycles. The van der Waals surface area contributed by atoms with Gasteiger partial charge in [-0.15, -0.1) is 0 Å². The van der Waals surface area contributed by atoms with E-state index in [2.05, 4.69) is 10.2 Å². The summed E-state index contributed by atoms with van der Waals surface area (Å²) in [6.45, 7) is 0. The lowest BCUT2D eigenvalue weighted by atomic mass is 10.1. The molecule has 0 unspecified atom stereocenters. The van der Waals surface area contributed by atoms with Crippen LogP contribution in [0.5, 0.6) is 0 Å². The molecule has 0 radical (unpaired) electrons. The van der Waals surface area contributed by atoms with E-state index in [1.165, 1.54) is 0 Å². The van der Waals surface area contributed by atoms with Gasteiger partial charge in [-0.1, -0.05) is 42.5 Å². The first-order chi connectivity index (χ1) is 9.33. The Kier molecular flexibility index (Phi) is 3.25. The van der Waals surface area contributed by atoms with Crippen LogP contribution in [0.2, 0.25) is 0 Å². The van der Waals surface area contributed by atoms with Gasteiger partial charge >= 0.3 is 0 Å². The molecule has 0 saturated carbocycles. The van der Waals surface area contributed by atoms with Crippen LogP contribution in [0.25, 0.3) is 11.3 Å². The van der Waals surface area contributed by atoms with E-state index in [9.17, 15) is 0 Å². The quantitative estimate of drug-likeness (QED) is 0.730. The van der Waals surface area contributed by atoms with Crippen molar-refractivity contribution in [3.8, 4) is 11.3 Å². The molecule has 3 aromatic rings. The zero-order valence-electron chi connectivity index (χ0n) is 10.2. The highest BCUT2D eigenvalue weighted by atomic mass is 32.1. The highest BCUT2D eigenvalue weighted by Gasteiger charge is 2.05. The molecular weight excluding hydrogens is 256 g/mol. The molecule has 0 spiro atoms. The minimum atomic E-state index is 0.649. The van der Waals surface area contributed by atoms with E-state index in [-0.39, 0.29) is 0 Å². The summed E-state index contributed by atoms with van der Waals surface area (Å²) in [5.41, 5.74) is 2.96. The lowest BCUT2D eigenvalue weighted by Gasteiger charge is -2.04. The highest BCUT2D eigenvalue weighted by Crippen LogP contribution is 2.19. The van der Waals surface area contributed by atoms with Crippen molar-refractivity contribution in [2.75, 3.05) is 0 Å². The molecule has 94 valence electrons. The van der Waals surface area contributed by atoms with Crippen molar-refractivity contribution in [3.63, 3.8) is 0 Å². The van der Waals surface area contributed by atoms with Gasteiger partial charge in [0.1, 0.15) is 10.4 Å². The van der Waals surface area contributed by atoms with E-state index in [1.54, 1.807) is 6.26 Å². The Morgan fingerprint density at radius 1 is 1.11 bits per heavy atom. The second kappa shape index (κ2) is 5.20. The third-order valence-corrected chi connectivity index (χ3v) is 3.25. The summed E-state index contributed by atoms with van der Waals surface area (Å²) in [7, 11) is 0. The van der Waals surface area contributed by atoms with Crippen molar-refractivity contribution in [2.45, 2.75) is 6.42 Å². The number of hydrogen-bond acceptors (Lipinski definition) is 3. The topological polar surface area (TPSA) is 41.8 Å². The summed E-state index contributed by atoms with van der Waals surface area (Å²) in [4.78, 5) is 0. The molecule has 3 nitrogen and oxygen atoms in total. The van der Waals surface area contributed by atoms with Crippen molar-refractivity contribution in [1.29, 1.82) is 0 Å². The summed E-state index contributed by atoms with van der Waals surface area (Å²) in [5, 5.41) is 7.18. The fourth-order valence-corrected chi connectivity index (χ4v) is 2.11. The maximum Gasteiger partial charge on any atom is 0.123 e. The summed E-state index contributed by atoms with van der Waals surface area (Å²) in [5.74, 6) is 0.893. The number of benzene rings is 1. The third kappa shape index (κ3) is 2.63. The monoisotopic (exact) mass is 268 g/mol. The molecule has 19 heavy (non-hydrogen) atoms. The van der Waals surface area contributed by atoms with Crippen LogP contribution in [0.15, 0.2) is 59.2 Å². The SMILES string of the molecule is S=c1[nH]nc(-c2ccccc2)cc1Cc1ccco1. The smallest absolute Gasteiger partial charge is 0.123 e. The molecule has 1 N–H and O–H groups in total. The average molecular weight is 268 g/mol. The number of rotatable bonds is 3. The lowest BCUT2D eigenvalue weighted by Crippen LogP contribution is -1.95. The van der Waals surface area contributed by atoms with Crippen LogP contribution in [0.3, 0.4) is 0 Å². The van der Waals surface area contributed by atoms with Gasteiger partial charge in [0.25, 0.3) is 0 Å². The molecule has 0 fully saturated rings. The number of nitrogens with one attached hydrogen (secondary N) is 1. The molecule has 2 aromatic heterocycles. The molecule has 0 atom stereocenters. The fraction of sp³-hybridized carbons (Fsp3) is 0.0667. The van der Waals surface area contributed by atoms with Crippen molar-refractivity contribution in [3.05, 3.63) is 70.8 Å². The normalized spacial score (nSPS) is 10.5. The maximum atomic E-state index is 5.36. The zero-order chi connectivity index (χ0) is 13.1. The second-order valence-corrected chi connectivity index (χ2v) is 4.64. The van der Waals surface area contributed by atoms with E-state index < -0.39 is 0 Å². The Labute approximate surface area is 115 Å². The van der Waals surface area contributed by atoms with Crippen LogP contribution in [0.4, 0.5) is 0 Å². The molecular formula is C15H12N2OS. The zero-order valence-corrected chi connectivity index (χ0v) is 11.0. The number of aromatic nitrogens is 2. The Bertz CT molecular complexity index is 717. The minimum Gasteiger partial charge on any atom is -0.469 e. The molecule has 0 bridgehead atoms. The predicted octanol–water partition coefficient (Wildman–Crippen LogP) is 3.99. The standard InChI is InChI=1S/C15H12N2OS/c19-15-12(9-13-7-4-8-18-13)10-14(16-17-15)11-5-2-1-3-6-11/h1-8,10H,9H2,(H,17,19). The molecule has 0 aliphatic carbocycles. The summed E-state index contributed by atoms with van der Waals surface area (Å²) in [6, 6.07) is 15.8. The van der Waals surface area contributed by atoms with Gasteiger partial charge in [-0.05, 0) is 23.8 Å². The van der Waals surface area contributed by atoms with E-state index in [0.717, 1.165) is 22.6 Å². The first-order valence-corrected chi connectivity index (χ1v) is 6.40. The van der Waals surface area contributed by atoms with Crippen molar-refractivity contribution in [1.82, 2.24) is 10.2 Å². The van der Waals surface area contributed by atoms with Crippen molar-refractivity contribution < 1.29 is 4.42 Å². The van der Waals surface area contributed by atoms with Gasteiger partial charge in [0, 0.05) is 12.0 Å². The Morgan fingerprint density at radius 3 is 2.68 bits per heavy atom. The molecule has 0 aliphatic heterocycles. The largest absolute Gasteiger partial charge is 0.469 e. The molecule has 0 saturated heterocycles. The van der Waals surface area contributed by atoms with Crippen LogP contribution in [0.1, 0.15) is 11.3 Å². The van der Waals surface area contributed by atoms with Gasteiger partial charge in [0.05, 0.1) is 12.0 Å². The third-order valence-electron chi connectivity index (χ3n) is 2.89. The van der Waals surface area contributed by atoms with E-state index in [4.69, 9.17) is 16.6 Å². The summed E-state index contributed by atoms with van der Waals surface area (Å²) < 4.78 is 6.01. The first kappa shape index (κ1) is 11.9. The van der Waals surface area contributed by atoms with Crippen LogP contribution >= 0.6 is 12.2 Å². The van der Waals surface area contributed by atoms with Crippen LogP contribution < -0.4 is 0 Å².